The molecule has 0 aromatic carbocycles. The third-order valence-corrected chi connectivity index (χ3v) is 3.47. The van der Waals surface area contributed by atoms with Crippen molar-refractivity contribution in [2.45, 2.75) is 62.8 Å². The molecule has 17 heavy (non-hydrogen) atoms. The number of carbonyl (C=O) groups excluding carboxylic acids is 1. The highest BCUT2D eigenvalue weighted by Crippen LogP contribution is 2.25. The molecule has 2 nitrogen and oxygen atoms in total. The highest BCUT2D eigenvalue weighted by Gasteiger charge is 2.27. The van der Waals surface area contributed by atoms with Crippen LogP contribution in [-0.2, 0) is 9.53 Å². The van der Waals surface area contributed by atoms with Crippen LogP contribution in [0.1, 0.15) is 58.3 Å². The molecule has 0 atom stereocenters. The Bertz CT molecular complexity index is 208. The Morgan fingerprint density at radius 2 is 1.59 bits per heavy atom. The molecule has 0 saturated heterocycles. The first-order chi connectivity index (χ1) is 8.02. The van der Waals surface area contributed by atoms with Crippen LogP contribution >= 0.6 is 34.8 Å². The summed E-state index contributed by atoms with van der Waals surface area (Å²) >= 11 is 16.6. The minimum atomic E-state index is -1.58. The first-order valence-corrected chi connectivity index (χ1v) is 7.46. The summed E-state index contributed by atoms with van der Waals surface area (Å²) < 4.78 is 3.21. The van der Waals surface area contributed by atoms with Gasteiger partial charge in [-0.3, -0.25) is 4.79 Å². The summed E-state index contributed by atoms with van der Waals surface area (Å²) in [6.07, 6.45) is 8.42. The second kappa shape index (κ2) is 10.3. The van der Waals surface area contributed by atoms with E-state index in [1.807, 2.05) is 0 Å². The van der Waals surface area contributed by atoms with Gasteiger partial charge in [0.1, 0.15) is 0 Å². The fourth-order valence-corrected chi connectivity index (χ4v) is 1.70. The van der Waals surface area contributed by atoms with Crippen LogP contribution in [0.15, 0.2) is 0 Å². The number of hydrogen-bond acceptors (Lipinski definition) is 2. The van der Waals surface area contributed by atoms with Gasteiger partial charge in [-0.05, 0) is 6.42 Å². The van der Waals surface area contributed by atoms with E-state index in [0.717, 1.165) is 19.3 Å². The van der Waals surface area contributed by atoms with Crippen LogP contribution in [0.3, 0.4) is 0 Å². The predicted molar refractivity (Wildman–Crippen MR) is 73.9 cm³/mol. The van der Waals surface area contributed by atoms with Crippen LogP contribution in [0, 0.1) is 0 Å². The number of alkyl halides is 3. The molecule has 0 aliphatic rings. The maximum atomic E-state index is 11.3. The van der Waals surface area contributed by atoms with Gasteiger partial charge in [-0.2, -0.15) is 0 Å². The third kappa shape index (κ3) is 11.2. The predicted octanol–water partition coefficient (Wildman–Crippen LogP) is 5.04. The molecule has 0 saturated carbocycles. The van der Waals surface area contributed by atoms with Gasteiger partial charge in [0.2, 0.25) is 0 Å². The number of hydrogen-bond donors (Lipinski definition) is 0. The minimum Gasteiger partial charge on any atom is -0.427 e. The zero-order valence-corrected chi connectivity index (χ0v) is 12.6. The second-order valence-electron chi connectivity index (χ2n) is 4.12. The van der Waals surface area contributed by atoms with Crippen molar-refractivity contribution in [2.24, 2.45) is 0 Å². The van der Waals surface area contributed by atoms with Crippen molar-refractivity contribution in [1.29, 1.82) is 0 Å². The molecule has 0 bridgehead atoms. The van der Waals surface area contributed by atoms with Crippen molar-refractivity contribution in [2.75, 3.05) is 5.88 Å². The van der Waals surface area contributed by atoms with E-state index in [0.29, 0.717) is 6.42 Å². The average molecular weight is 304 g/mol. The number of ether oxygens (including phenoxy) is 1. The average Bonchev–Trinajstić information content (AvgIpc) is 2.27. The Kier molecular flexibility index (Phi) is 10.5. The molecule has 102 valence electrons. The first kappa shape index (κ1) is 17.3. The molecule has 0 fully saturated rings. The van der Waals surface area contributed by atoms with E-state index in [-0.39, 0.29) is 11.8 Å². The lowest BCUT2D eigenvalue weighted by atomic mass is 10.1. The highest BCUT2D eigenvalue weighted by molar-refractivity contribution is 6.50. The van der Waals surface area contributed by atoms with Gasteiger partial charge in [0, 0.05) is 6.42 Å². The molecule has 0 aliphatic carbocycles. The zero-order valence-electron chi connectivity index (χ0n) is 10.3. The van der Waals surface area contributed by atoms with Crippen molar-refractivity contribution in [3.63, 3.8) is 0 Å². The smallest absolute Gasteiger partial charge is 0.308 e. The lowest BCUT2D eigenvalue weighted by Gasteiger charge is -2.16. The van der Waals surface area contributed by atoms with E-state index in [1.54, 1.807) is 0 Å². The highest BCUT2D eigenvalue weighted by atomic mass is 35.5. The van der Waals surface area contributed by atoms with Crippen molar-refractivity contribution in [3.05, 3.63) is 0 Å². The minimum absolute atomic E-state index is 0.126. The van der Waals surface area contributed by atoms with E-state index < -0.39 is 4.52 Å². The quantitative estimate of drug-likeness (QED) is 0.321. The maximum Gasteiger partial charge on any atom is 0.308 e. The van der Waals surface area contributed by atoms with Gasteiger partial charge in [0.05, 0.1) is 5.88 Å². The van der Waals surface area contributed by atoms with Crippen molar-refractivity contribution >= 4 is 40.8 Å². The lowest BCUT2D eigenvalue weighted by Crippen LogP contribution is -2.24. The van der Waals surface area contributed by atoms with Crippen LogP contribution in [0.4, 0.5) is 0 Å². The van der Waals surface area contributed by atoms with Crippen molar-refractivity contribution in [3.8, 4) is 0 Å². The van der Waals surface area contributed by atoms with Crippen LogP contribution < -0.4 is 0 Å². The van der Waals surface area contributed by atoms with Gasteiger partial charge >= 0.3 is 5.97 Å². The van der Waals surface area contributed by atoms with E-state index in [9.17, 15) is 4.79 Å². The molecule has 0 spiro atoms. The summed E-state index contributed by atoms with van der Waals surface area (Å²) in [6, 6.07) is 0. The molecule has 0 aliphatic heterocycles. The molecule has 0 rings (SSSR count). The lowest BCUT2D eigenvalue weighted by molar-refractivity contribution is -0.146. The van der Waals surface area contributed by atoms with E-state index in [4.69, 9.17) is 39.5 Å². The van der Waals surface area contributed by atoms with Crippen molar-refractivity contribution in [1.82, 2.24) is 0 Å². The van der Waals surface area contributed by atoms with Crippen LogP contribution in [0.2, 0.25) is 0 Å². The van der Waals surface area contributed by atoms with Gasteiger partial charge in [0.25, 0.3) is 4.52 Å². The monoisotopic (exact) mass is 302 g/mol. The summed E-state index contributed by atoms with van der Waals surface area (Å²) in [6.45, 7) is 2.19. The Balaban J connectivity index is 3.40. The second-order valence-corrected chi connectivity index (χ2v) is 5.80. The Morgan fingerprint density at radius 3 is 2.12 bits per heavy atom. The van der Waals surface area contributed by atoms with Gasteiger partial charge < -0.3 is 4.74 Å². The van der Waals surface area contributed by atoms with Gasteiger partial charge in [-0.1, -0.05) is 68.7 Å². The van der Waals surface area contributed by atoms with Gasteiger partial charge in [0.15, 0.2) is 0 Å². The number of esters is 1. The molecule has 0 radical (unpaired) electrons. The summed E-state index contributed by atoms with van der Waals surface area (Å²) in [7, 11) is 0. The maximum absolute atomic E-state index is 11.3. The zero-order chi connectivity index (χ0) is 13.1. The van der Waals surface area contributed by atoms with E-state index in [1.165, 1.54) is 25.7 Å². The molecule has 0 amide bonds. The van der Waals surface area contributed by atoms with Crippen LogP contribution in [-0.4, -0.2) is 16.4 Å². The van der Waals surface area contributed by atoms with Crippen LogP contribution in [0.5, 0.6) is 0 Å². The summed E-state index contributed by atoms with van der Waals surface area (Å²) in [4.78, 5) is 11.3. The Labute approximate surface area is 119 Å². The molecule has 0 unspecified atom stereocenters. The fraction of sp³-hybridized carbons (Fsp3) is 0.917. The molecule has 0 aromatic rings. The summed E-state index contributed by atoms with van der Waals surface area (Å²) in [5, 5.41) is 0. The number of rotatable bonds is 10. The van der Waals surface area contributed by atoms with Gasteiger partial charge in [-0.15, -0.1) is 11.6 Å². The van der Waals surface area contributed by atoms with Gasteiger partial charge in [-0.25, -0.2) is 0 Å². The molecular weight excluding hydrogens is 282 g/mol. The molecule has 0 heterocycles. The van der Waals surface area contributed by atoms with Crippen LogP contribution in [0.25, 0.3) is 0 Å². The first-order valence-electron chi connectivity index (χ1n) is 6.17. The fourth-order valence-electron chi connectivity index (χ4n) is 1.47. The molecule has 0 aromatic heterocycles. The third-order valence-electron chi connectivity index (χ3n) is 2.40. The molecule has 5 heteroatoms. The number of carbonyl (C=O) groups is 1. The van der Waals surface area contributed by atoms with E-state index in [2.05, 4.69) is 6.92 Å². The number of halogens is 3. The summed E-state index contributed by atoms with van der Waals surface area (Å²) in [5.74, 6) is -0.511. The SMILES string of the molecule is CCCCCCCCCC(=O)OC(Cl)(Cl)CCl. The summed E-state index contributed by atoms with van der Waals surface area (Å²) in [5.41, 5.74) is 0. The standard InChI is InChI=1S/C12H21Cl3O2/c1-2-3-4-5-6-7-8-9-11(16)17-12(14,15)10-13/h2-10H2,1H3. The largest absolute Gasteiger partial charge is 0.427 e. The Hall–Kier alpha value is 0.340. The van der Waals surface area contributed by atoms with Crippen molar-refractivity contribution < 1.29 is 9.53 Å². The number of unbranched alkanes of at least 4 members (excludes halogenated alkanes) is 6. The van der Waals surface area contributed by atoms with E-state index >= 15 is 0 Å². The molecular formula is C12H21Cl3O2. The topological polar surface area (TPSA) is 26.3 Å². The molecule has 0 N–H and O–H groups in total. The Morgan fingerprint density at radius 1 is 1.06 bits per heavy atom. The normalized spacial score (nSPS) is 11.5.